The summed E-state index contributed by atoms with van der Waals surface area (Å²) < 4.78 is 4.17. The van der Waals surface area contributed by atoms with Gasteiger partial charge >= 0.3 is 0 Å². The van der Waals surface area contributed by atoms with E-state index in [1.165, 1.54) is 12.8 Å². The molecule has 2 aliphatic rings. The zero-order chi connectivity index (χ0) is 18.8. The quantitative estimate of drug-likeness (QED) is 0.789. The van der Waals surface area contributed by atoms with Gasteiger partial charge in [-0.2, -0.15) is 0 Å². The lowest BCUT2D eigenvalue weighted by Gasteiger charge is -2.33. The number of aryl methyl sites for hydroxylation is 1. The number of amides is 1. The van der Waals surface area contributed by atoms with E-state index in [9.17, 15) is 4.79 Å². The minimum atomic E-state index is 0.261. The van der Waals surface area contributed by atoms with Gasteiger partial charge in [0, 0.05) is 38.4 Å². The summed E-state index contributed by atoms with van der Waals surface area (Å²) in [5.41, 5.74) is 0. The zero-order valence-corrected chi connectivity index (χ0v) is 16.3. The average molecular weight is 371 g/mol. The first kappa shape index (κ1) is 18.2. The van der Waals surface area contributed by atoms with Crippen molar-refractivity contribution in [2.24, 2.45) is 7.05 Å². The van der Waals surface area contributed by atoms with Crippen LogP contribution >= 0.6 is 0 Å². The maximum Gasteiger partial charge on any atom is 0.236 e. The number of carbonyl (C=O) groups excluding carboxylic acids is 1. The molecular weight excluding hydrogens is 342 g/mol. The van der Waals surface area contributed by atoms with Crippen LogP contribution in [0.25, 0.3) is 0 Å². The largest absolute Gasteiger partial charge is 0.341 e. The molecule has 0 unspecified atom stereocenters. The highest BCUT2D eigenvalue weighted by atomic mass is 16.2. The van der Waals surface area contributed by atoms with Crippen molar-refractivity contribution in [2.45, 2.75) is 45.1 Å². The molecule has 8 nitrogen and oxygen atoms in total. The van der Waals surface area contributed by atoms with Crippen molar-refractivity contribution in [3.8, 4) is 0 Å². The lowest BCUT2D eigenvalue weighted by molar-refractivity contribution is -0.133. The second-order valence-electron chi connectivity index (χ2n) is 7.80. The molecule has 2 fully saturated rings. The molecule has 4 heterocycles. The van der Waals surface area contributed by atoms with Crippen molar-refractivity contribution < 1.29 is 4.79 Å². The molecule has 2 aromatic rings. The number of aromatic nitrogens is 5. The van der Waals surface area contributed by atoms with Gasteiger partial charge in [0.2, 0.25) is 5.91 Å². The summed E-state index contributed by atoms with van der Waals surface area (Å²) in [4.78, 5) is 21.3. The van der Waals surface area contributed by atoms with Crippen molar-refractivity contribution in [3.63, 3.8) is 0 Å². The van der Waals surface area contributed by atoms with Gasteiger partial charge in [0.15, 0.2) is 5.82 Å². The van der Waals surface area contributed by atoms with E-state index in [0.717, 1.165) is 56.5 Å². The Morgan fingerprint density at radius 3 is 2.74 bits per heavy atom. The van der Waals surface area contributed by atoms with E-state index >= 15 is 0 Å². The van der Waals surface area contributed by atoms with Gasteiger partial charge in [0.25, 0.3) is 0 Å². The highest BCUT2D eigenvalue weighted by Crippen LogP contribution is 2.26. The fourth-order valence-electron chi connectivity index (χ4n) is 4.24. The average Bonchev–Trinajstić information content (AvgIpc) is 3.40. The Balaban J connectivity index is 1.42. The van der Waals surface area contributed by atoms with Crippen molar-refractivity contribution in [2.75, 3.05) is 32.7 Å². The molecule has 0 spiro atoms. The molecule has 2 aliphatic heterocycles. The molecule has 2 saturated heterocycles. The monoisotopic (exact) mass is 371 g/mol. The first-order chi connectivity index (χ1) is 13.1. The number of piperidine rings is 1. The van der Waals surface area contributed by atoms with Crippen LogP contribution in [0.3, 0.4) is 0 Å². The fraction of sp³-hybridized carbons (Fsp3) is 0.684. The molecule has 0 N–H and O–H groups in total. The van der Waals surface area contributed by atoms with Crippen LogP contribution in [-0.4, -0.2) is 72.7 Å². The Hall–Kier alpha value is -2.22. The minimum absolute atomic E-state index is 0.261. The first-order valence-corrected chi connectivity index (χ1v) is 9.98. The summed E-state index contributed by atoms with van der Waals surface area (Å²) in [6.45, 7) is 6.95. The maximum absolute atomic E-state index is 12.7. The second-order valence-corrected chi connectivity index (χ2v) is 7.80. The summed E-state index contributed by atoms with van der Waals surface area (Å²) in [6.07, 6.45) is 8.28. The van der Waals surface area contributed by atoms with Crippen LogP contribution < -0.4 is 0 Å². The summed E-state index contributed by atoms with van der Waals surface area (Å²) in [5.74, 6) is 3.40. The number of rotatable bonds is 5. The number of hydrogen-bond acceptors (Lipinski definition) is 5. The van der Waals surface area contributed by atoms with E-state index in [1.807, 2.05) is 25.1 Å². The lowest BCUT2D eigenvalue weighted by Crippen LogP contribution is -2.44. The minimum Gasteiger partial charge on any atom is -0.341 e. The third-order valence-corrected chi connectivity index (χ3v) is 5.93. The lowest BCUT2D eigenvalue weighted by atomic mass is 9.97. The Morgan fingerprint density at radius 1 is 1.19 bits per heavy atom. The van der Waals surface area contributed by atoms with E-state index in [4.69, 9.17) is 0 Å². The van der Waals surface area contributed by atoms with Gasteiger partial charge < -0.3 is 14.0 Å². The maximum atomic E-state index is 12.7. The summed E-state index contributed by atoms with van der Waals surface area (Å²) in [6, 6.07) is 0. The molecular formula is C19H29N7O. The molecule has 0 aromatic carbocycles. The van der Waals surface area contributed by atoms with Crippen molar-refractivity contribution in [1.29, 1.82) is 0 Å². The van der Waals surface area contributed by atoms with E-state index in [2.05, 4.69) is 29.2 Å². The Bertz CT molecular complexity index is 790. The van der Waals surface area contributed by atoms with E-state index in [0.29, 0.717) is 13.1 Å². The molecule has 1 atom stereocenters. The van der Waals surface area contributed by atoms with Crippen molar-refractivity contribution in [3.05, 3.63) is 29.9 Å². The highest BCUT2D eigenvalue weighted by molar-refractivity contribution is 5.78. The van der Waals surface area contributed by atoms with E-state index in [1.54, 1.807) is 6.20 Å². The predicted molar refractivity (Wildman–Crippen MR) is 101 cm³/mol. The van der Waals surface area contributed by atoms with Crippen LogP contribution in [0, 0.1) is 6.92 Å². The number of likely N-dealkylation sites (tertiary alicyclic amines) is 2. The number of nitrogens with zero attached hydrogens (tertiary/aromatic N) is 7. The molecule has 4 rings (SSSR count). The van der Waals surface area contributed by atoms with Crippen LogP contribution in [0.4, 0.5) is 0 Å². The van der Waals surface area contributed by atoms with Crippen molar-refractivity contribution in [1.82, 2.24) is 34.1 Å². The fourth-order valence-corrected chi connectivity index (χ4v) is 4.24. The predicted octanol–water partition coefficient (Wildman–Crippen LogP) is 1.17. The van der Waals surface area contributed by atoms with Gasteiger partial charge in [0.1, 0.15) is 11.6 Å². The standard InChI is InChI=1S/C19H29N7O/c1-15-20-7-11-25(15)13-17-21-22-19(23(17)2)16-6-5-10-26(12-16)18(27)14-24-8-3-4-9-24/h7,11,16H,3-6,8-10,12-14H2,1-2H3/t16-/m0/s1. The molecule has 8 heteroatoms. The SMILES string of the molecule is Cc1nccn1Cc1nnc([C@H]2CCCN(C(=O)CN3CCCC3)C2)n1C. The van der Waals surface area contributed by atoms with Crippen molar-refractivity contribution >= 4 is 5.91 Å². The van der Waals surface area contributed by atoms with Gasteiger partial charge in [-0.1, -0.05) is 0 Å². The van der Waals surface area contributed by atoms with Crippen LogP contribution in [0.15, 0.2) is 12.4 Å². The van der Waals surface area contributed by atoms with Crippen LogP contribution in [0.5, 0.6) is 0 Å². The molecule has 0 radical (unpaired) electrons. The molecule has 0 aliphatic carbocycles. The molecule has 2 aromatic heterocycles. The third kappa shape index (κ3) is 3.90. The van der Waals surface area contributed by atoms with E-state index in [-0.39, 0.29) is 11.8 Å². The normalized spacial score (nSPS) is 21.1. The van der Waals surface area contributed by atoms with Gasteiger partial charge in [-0.25, -0.2) is 4.98 Å². The summed E-state index contributed by atoms with van der Waals surface area (Å²) >= 11 is 0. The molecule has 0 bridgehead atoms. The van der Waals surface area contributed by atoms with Crippen LogP contribution in [0.2, 0.25) is 0 Å². The molecule has 0 saturated carbocycles. The Morgan fingerprint density at radius 2 is 2.00 bits per heavy atom. The Labute approximate surface area is 160 Å². The van der Waals surface area contributed by atoms with Gasteiger partial charge in [-0.3, -0.25) is 9.69 Å². The van der Waals surface area contributed by atoms with Gasteiger partial charge in [0.05, 0.1) is 13.1 Å². The summed E-state index contributed by atoms with van der Waals surface area (Å²) in [7, 11) is 2.03. The highest BCUT2D eigenvalue weighted by Gasteiger charge is 2.29. The number of imidazole rings is 1. The molecule has 1 amide bonds. The first-order valence-electron chi connectivity index (χ1n) is 9.98. The topological polar surface area (TPSA) is 72.1 Å². The van der Waals surface area contributed by atoms with E-state index < -0.39 is 0 Å². The zero-order valence-electron chi connectivity index (χ0n) is 16.3. The second kappa shape index (κ2) is 7.80. The number of hydrogen-bond donors (Lipinski definition) is 0. The van der Waals surface area contributed by atoms with Crippen LogP contribution in [-0.2, 0) is 18.4 Å². The van der Waals surface area contributed by atoms with Gasteiger partial charge in [-0.15, -0.1) is 10.2 Å². The van der Waals surface area contributed by atoms with Gasteiger partial charge in [-0.05, 0) is 45.7 Å². The molecule has 27 heavy (non-hydrogen) atoms. The third-order valence-electron chi connectivity index (χ3n) is 5.93. The molecule has 146 valence electrons. The van der Waals surface area contributed by atoms with Crippen LogP contribution in [0.1, 0.15) is 49.1 Å². The number of carbonyl (C=O) groups is 1. The smallest absolute Gasteiger partial charge is 0.236 e. The Kier molecular flexibility index (Phi) is 5.24. The summed E-state index contributed by atoms with van der Waals surface area (Å²) in [5, 5.41) is 8.89.